The number of H-pyrrole nitrogens is 1. The van der Waals surface area contributed by atoms with Gasteiger partial charge in [-0.05, 0) is 19.4 Å². The van der Waals surface area contributed by atoms with Crippen molar-refractivity contribution in [2.75, 3.05) is 5.32 Å². The average Bonchev–Trinajstić information content (AvgIpc) is 2.47. The normalized spacial score (nSPS) is 10.0. The van der Waals surface area contributed by atoms with Crippen LogP contribution in [0.2, 0.25) is 0 Å². The van der Waals surface area contributed by atoms with Gasteiger partial charge in [-0.2, -0.15) is 0 Å². The van der Waals surface area contributed by atoms with E-state index >= 15 is 0 Å². The lowest BCUT2D eigenvalue weighted by Gasteiger charge is -2.02. The molecule has 0 atom stereocenters. The van der Waals surface area contributed by atoms with E-state index in [0.29, 0.717) is 17.8 Å². The second-order valence-corrected chi connectivity index (χ2v) is 3.34. The van der Waals surface area contributed by atoms with Crippen LogP contribution in [-0.4, -0.2) is 22.0 Å². The fourth-order valence-electron chi connectivity index (χ4n) is 1.30. The van der Waals surface area contributed by atoms with Gasteiger partial charge in [-0.1, -0.05) is 6.92 Å². The lowest BCUT2D eigenvalue weighted by molar-refractivity contribution is -0.116. The summed E-state index contributed by atoms with van der Waals surface area (Å²) in [5.41, 5.74) is 1.06. The number of aromatic amines is 1. The Morgan fingerprint density at radius 2 is 2.20 bits per heavy atom. The minimum Gasteiger partial charge on any atom is -0.477 e. The molecule has 0 saturated carbocycles. The first-order chi connectivity index (χ1) is 7.04. The Balaban J connectivity index is 2.84. The van der Waals surface area contributed by atoms with Gasteiger partial charge in [-0.15, -0.1) is 0 Å². The molecule has 15 heavy (non-hydrogen) atoms. The van der Waals surface area contributed by atoms with Gasteiger partial charge < -0.3 is 15.4 Å². The molecule has 1 aromatic rings. The second kappa shape index (κ2) is 4.63. The molecule has 82 valence electrons. The quantitative estimate of drug-likeness (QED) is 0.708. The van der Waals surface area contributed by atoms with E-state index in [2.05, 4.69) is 10.3 Å². The Hall–Kier alpha value is -1.78. The van der Waals surface area contributed by atoms with E-state index < -0.39 is 5.97 Å². The lowest BCUT2D eigenvalue weighted by Crippen LogP contribution is -2.13. The fourth-order valence-corrected chi connectivity index (χ4v) is 1.30. The highest BCUT2D eigenvalue weighted by Crippen LogP contribution is 2.17. The third-order valence-electron chi connectivity index (χ3n) is 1.92. The van der Waals surface area contributed by atoms with Crippen molar-refractivity contribution >= 4 is 17.6 Å². The van der Waals surface area contributed by atoms with Crippen molar-refractivity contribution < 1.29 is 14.7 Å². The maximum Gasteiger partial charge on any atom is 0.354 e. The van der Waals surface area contributed by atoms with Gasteiger partial charge in [0.15, 0.2) is 0 Å². The van der Waals surface area contributed by atoms with Crippen LogP contribution in [0.1, 0.15) is 35.9 Å². The molecular formula is C10H14N2O3. The lowest BCUT2D eigenvalue weighted by atomic mass is 10.3. The average molecular weight is 210 g/mol. The number of amides is 1. The number of carbonyl (C=O) groups excluding carboxylic acids is 1. The molecule has 0 aliphatic heterocycles. The zero-order chi connectivity index (χ0) is 11.4. The van der Waals surface area contributed by atoms with E-state index in [1.54, 1.807) is 13.0 Å². The van der Waals surface area contributed by atoms with Crippen molar-refractivity contribution in [3.05, 3.63) is 17.5 Å². The standard InChI is InChI=1S/C10H14N2O3/c1-3-4-8(13)12-7-5-6(2)11-9(7)10(14)15/h5,11H,3-4H2,1-2H3,(H,12,13)(H,14,15). The highest BCUT2D eigenvalue weighted by Gasteiger charge is 2.14. The molecule has 1 aromatic heterocycles. The minimum atomic E-state index is -1.07. The molecule has 5 heteroatoms. The molecule has 0 spiro atoms. The van der Waals surface area contributed by atoms with Crippen molar-refractivity contribution in [1.82, 2.24) is 4.98 Å². The van der Waals surface area contributed by atoms with Crippen LogP contribution < -0.4 is 5.32 Å². The van der Waals surface area contributed by atoms with Crippen LogP contribution in [0, 0.1) is 6.92 Å². The molecule has 3 N–H and O–H groups in total. The Morgan fingerprint density at radius 3 is 2.73 bits per heavy atom. The topological polar surface area (TPSA) is 82.2 Å². The highest BCUT2D eigenvalue weighted by molar-refractivity contribution is 5.99. The number of carboxylic acids is 1. The first kappa shape index (κ1) is 11.3. The van der Waals surface area contributed by atoms with E-state index in [4.69, 9.17) is 5.11 Å². The van der Waals surface area contributed by atoms with Crippen LogP contribution in [0.3, 0.4) is 0 Å². The fraction of sp³-hybridized carbons (Fsp3) is 0.400. The number of anilines is 1. The Labute approximate surface area is 87.5 Å². The van der Waals surface area contributed by atoms with Gasteiger partial charge in [0, 0.05) is 12.1 Å². The van der Waals surface area contributed by atoms with Crippen molar-refractivity contribution in [2.24, 2.45) is 0 Å². The van der Waals surface area contributed by atoms with E-state index in [1.807, 2.05) is 6.92 Å². The molecule has 0 fully saturated rings. The molecule has 0 aliphatic rings. The van der Waals surface area contributed by atoms with Crippen LogP contribution in [0.15, 0.2) is 6.07 Å². The number of rotatable bonds is 4. The number of nitrogens with one attached hydrogen (secondary N) is 2. The maximum absolute atomic E-state index is 11.3. The predicted molar refractivity (Wildman–Crippen MR) is 56.0 cm³/mol. The van der Waals surface area contributed by atoms with Gasteiger partial charge in [0.25, 0.3) is 0 Å². The Morgan fingerprint density at radius 1 is 1.53 bits per heavy atom. The number of aromatic nitrogens is 1. The van der Waals surface area contributed by atoms with E-state index in [9.17, 15) is 9.59 Å². The van der Waals surface area contributed by atoms with Crippen molar-refractivity contribution in [3.8, 4) is 0 Å². The molecule has 0 aromatic carbocycles. The number of hydrogen-bond acceptors (Lipinski definition) is 2. The molecule has 0 aliphatic carbocycles. The summed E-state index contributed by atoms with van der Waals surface area (Å²) in [5.74, 6) is -1.24. The van der Waals surface area contributed by atoms with Crippen molar-refractivity contribution in [2.45, 2.75) is 26.7 Å². The minimum absolute atomic E-state index is 0.0250. The smallest absolute Gasteiger partial charge is 0.354 e. The van der Waals surface area contributed by atoms with Crippen molar-refractivity contribution in [1.29, 1.82) is 0 Å². The van der Waals surface area contributed by atoms with E-state index in [1.165, 1.54) is 0 Å². The molecule has 0 saturated heterocycles. The number of carboxylic acid groups (broad SMARTS) is 1. The van der Waals surface area contributed by atoms with Crippen LogP contribution in [0.25, 0.3) is 0 Å². The number of aromatic carboxylic acids is 1. The second-order valence-electron chi connectivity index (χ2n) is 3.34. The van der Waals surface area contributed by atoms with Crippen LogP contribution >= 0.6 is 0 Å². The molecule has 0 bridgehead atoms. The molecule has 1 amide bonds. The summed E-state index contributed by atoms with van der Waals surface area (Å²) in [6.07, 6.45) is 1.13. The van der Waals surface area contributed by atoms with Crippen LogP contribution in [0.5, 0.6) is 0 Å². The first-order valence-electron chi connectivity index (χ1n) is 4.77. The molecule has 0 radical (unpaired) electrons. The number of aryl methyl sites for hydroxylation is 1. The molecule has 1 rings (SSSR count). The third-order valence-corrected chi connectivity index (χ3v) is 1.92. The predicted octanol–water partition coefficient (Wildman–Crippen LogP) is 1.76. The zero-order valence-corrected chi connectivity index (χ0v) is 8.76. The van der Waals surface area contributed by atoms with Crippen LogP contribution in [0.4, 0.5) is 5.69 Å². The summed E-state index contributed by atoms with van der Waals surface area (Å²) in [7, 11) is 0. The van der Waals surface area contributed by atoms with E-state index in [0.717, 1.165) is 6.42 Å². The SMILES string of the molecule is CCCC(=O)Nc1cc(C)[nH]c1C(=O)O. The van der Waals surface area contributed by atoms with Crippen molar-refractivity contribution in [3.63, 3.8) is 0 Å². The molecule has 0 unspecified atom stereocenters. The summed E-state index contributed by atoms with van der Waals surface area (Å²) < 4.78 is 0. The first-order valence-corrected chi connectivity index (χ1v) is 4.77. The highest BCUT2D eigenvalue weighted by atomic mass is 16.4. The number of carbonyl (C=O) groups is 2. The largest absolute Gasteiger partial charge is 0.477 e. The summed E-state index contributed by atoms with van der Waals surface area (Å²) in [5, 5.41) is 11.4. The summed E-state index contributed by atoms with van der Waals surface area (Å²) in [4.78, 5) is 24.7. The summed E-state index contributed by atoms with van der Waals surface area (Å²) >= 11 is 0. The van der Waals surface area contributed by atoms with Gasteiger partial charge in [-0.3, -0.25) is 4.79 Å². The Kier molecular flexibility index (Phi) is 3.49. The molecule has 5 nitrogen and oxygen atoms in total. The maximum atomic E-state index is 11.3. The Bertz CT molecular complexity index is 382. The van der Waals surface area contributed by atoms with Gasteiger partial charge >= 0.3 is 5.97 Å². The zero-order valence-electron chi connectivity index (χ0n) is 8.76. The van der Waals surface area contributed by atoms with E-state index in [-0.39, 0.29) is 11.6 Å². The third kappa shape index (κ3) is 2.83. The summed E-state index contributed by atoms with van der Waals surface area (Å²) in [6, 6.07) is 1.61. The summed E-state index contributed by atoms with van der Waals surface area (Å²) in [6.45, 7) is 3.63. The van der Waals surface area contributed by atoms with Gasteiger partial charge in [-0.25, -0.2) is 4.79 Å². The van der Waals surface area contributed by atoms with Gasteiger partial charge in [0.05, 0.1) is 5.69 Å². The molecular weight excluding hydrogens is 196 g/mol. The van der Waals surface area contributed by atoms with Gasteiger partial charge in [0.2, 0.25) is 5.91 Å². The monoisotopic (exact) mass is 210 g/mol. The van der Waals surface area contributed by atoms with Crippen LogP contribution in [-0.2, 0) is 4.79 Å². The number of hydrogen-bond donors (Lipinski definition) is 3. The molecule has 1 heterocycles. The van der Waals surface area contributed by atoms with Gasteiger partial charge in [0.1, 0.15) is 5.69 Å².